The van der Waals surface area contributed by atoms with Crippen LogP contribution in [0.4, 0.5) is 0 Å². The number of hydrogen-bond acceptors (Lipinski definition) is 14. The molecule has 15 heteroatoms. The lowest BCUT2D eigenvalue weighted by Gasteiger charge is -2.50. The molecule has 1 aliphatic carbocycles. The summed E-state index contributed by atoms with van der Waals surface area (Å²) in [5.74, 6) is -3.53. The minimum absolute atomic E-state index is 0.0554. The second kappa shape index (κ2) is 21.5. The summed E-state index contributed by atoms with van der Waals surface area (Å²) in [6.07, 6.45) is -11.6. The second-order valence-electron chi connectivity index (χ2n) is 14.2. The van der Waals surface area contributed by atoms with Crippen LogP contribution in [0, 0.1) is 0 Å². The van der Waals surface area contributed by atoms with Crippen molar-refractivity contribution < 1.29 is 66.6 Å². The lowest BCUT2D eigenvalue weighted by Crippen LogP contribution is -2.68. The summed E-state index contributed by atoms with van der Waals surface area (Å²) >= 11 is 0. The summed E-state index contributed by atoms with van der Waals surface area (Å²) in [6, 6.07) is 27.3. The van der Waals surface area contributed by atoms with E-state index >= 15 is 0 Å². The molecule has 10 atom stereocenters. The van der Waals surface area contributed by atoms with Gasteiger partial charge in [-0.3, -0.25) is 24.0 Å². The van der Waals surface area contributed by atoms with E-state index in [1.807, 2.05) is 91.0 Å². The van der Waals surface area contributed by atoms with Crippen molar-refractivity contribution in [2.45, 2.75) is 116 Å². The second-order valence-corrected chi connectivity index (χ2v) is 14.2. The van der Waals surface area contributed by atoms with Crippen molar-refractivity contribution in [1.29, 1.82) is 0 Å². The zero-order valence-corrected chi connectivity index (χ0v) is 33.7. The molecular formula is C44H51NO14. The lowest BCUT2D eigenvalue weighted by atomic mass is 9.81. The fourth-order valence-corrected chi connectivity index (χ4v) is 7.02. The van der Waals surface area contributed by atoms with Crippen LogP contribution >= 0.6 is 0 Å². The summed E-state index contributed by atoms with van der Waals surface area (Å²) in [5.41, 5.74) is 2.89. The molecule has 59 heavy (non-hydrogen) atoms. The van der Waals surface area contributed by atoms with E-state index < -0.39 is 97.6 Å². The van der Waals surface area contributed by atoms with Gasteiger partial charge in [-0.25, -0.2) is 0 Å². The first-order valence-electron chi connectivity index (χ1n) is 19.2. The molecule has 0 aromatic heterocycles. The van der Waals surface area contributed by atoms with Gasteiger partial charge < -0.3 is 47.9 Å². The highest BCUT2D eigenvalue weighted by Gasteiger charge is 2.57. The molecule has 1 saturated carbocycles. The maximum Gasteiger partial charge on any atom is 0.303 e. The van der Waals surface area contributed by atoms with Crippen molar-refractivity contribution >= 4 is 29.8 Å². The first-order valence-corrected chi connectivity index (χ1v) is 19.2. The first kappa shape index (κ1) is 44.6. The SMILES string of the molecule is C=C1[C@@H](OCc2ccccc2)[C@H](OCc2ccccc2)[C@@H](OCc2ccccc2)[C@H](O[C@@H]2O[C@H](COC(C)=O)[C@@H](OC(C)=O)[C@H](OC(C)=O)[C@H]2OC(C)=O)[C@H]1NC(C)=O. The molecular weight excluding hydrogens is 766 g/mol. The van der Waals surface area contributed by atoms with Gasteiger partial charge in [0, 0.05) is 34.6 Å². The molecule has 2 fully saturated rings. The number of nitrogens with one attached hydrogen (secondary N) is 1. The topological polar surface area (TPSA) is 180 Å². The normalized spacial score (nSPS) is 26.6. The molecule has 3 aromatic rings. The van der Waals surface area contributed by atoms with Crippen LogP contribution < -0.4 is 5.32 Å². The van der Waals surface area contributed by atoms with Crippen molar-refractivity contribution in [3.63, 3.8) is 0 Å². The van der Waals surface area contributed by atoms with Gasteiger partial charge in [-0.2, -0.15) is 0 Å². The van der Waals surface area contributed by atoms with Crippen LogP contribution in [-0.2, 0) is 86.4 Å². The Morgan fingerprint density at radius 1 is 0.559 bits per heavy atom. The van der Waals surface area contributed by atoms with Crippen molar-refractivity contribution in [3.05, 3.63) is 120 Å². The van der Waals surface area contributed by atoms with Gasteiger partial charge in [-0.05, 0) is 22.3 Å². The van der Waals surface area contributed by atoms with E-state index in [2.05, 4.69) is 11.9 Å². The Bertz CT molecular complexity index is 1880. The third kappa shape index (κ3) is 12.8. The fraction of sp³-hybridized carbons (Fsp3) is 0.432. The summed E-state index contributed by atoms with van der Waals surface area (Å²) in [7, 11) is 0. The molecule has 3 aromatic carbocycles. The van der Waals surface area contributed by atoms with Gasteiger partial charge in [0.15, 0.2) is 24.6 Å². The smallest absolute Gasteiger partial charge is 0.303 e. The molecule has 0 spiro atoms. The van der Waals surface area contributed by atoms with Crippen molar-refractivity contribution in [3.8, 4) is 0 Å². The van der Waals surface area contributed by atoms with Crippen molar-refractivity contribution in [2.75, 3.05) is 6.61 Å². The zero-order valence-electron chi connectivity index (χ0n) is 33.7. The van der Waals surface area contributed by atoms with Crippen LogP contribution in [0.2, 0.25) is 0 Å². The summed E-state index contributed by atoms with van der Waals surface area (Å²) in [4.78, 5) is 62.7. The highest BCUT2D eigenvalue weighted by atomic mass is 16.7. The molecule has 1 amide bonds. The summed E-state index contributed by atoms with van der Waals surface area (Å²) < 4.78 is 55.5. The maximum atomic E-state index is 13.0. The maximum absolute atomic E-state index is 13.0. The Hall–Kier alpha value is -5.45. The average molecular weight is 818 g/mol. The van der Waals surface area contributed by atoms with Gasteiger partial charge in [0.1, 0.15) is 37.1 Å². The van der Waals surface area contributed by atoms with Crippen LogP contribution in [0.25, 0.3) is 0 Å². The van der Waals surface area contributed by atoms with Gasteiger partial charge in [0.2, 0.25) is 5.91 Å². The predicted molar refractivity (Wildman–Crippen MR) is 209 cm³/mol. The van der Waals surface area contributed by atoms with E-state index in [-0.39, 0.29) is 19.8 Å². The monoisotopic (exact) mass is 817 g/mol. The highest BCUT2D eigenvalue weighted by Crippen LogP contribution is 2.38. The van der Waals surface area contributed by atoms with Crippen molar-refractivity contribution in [1.82, 2.24) is 5.32 Å². The summed E-state index contributed by atoms with van der Waals surface area (Å²) in [5, 5.41) is 2.94. The largest absolute Gasteiger partial charge is 0.463 e. The van der Waals surface area contributed by atoms with Crippen LogP contribution in [0.3, 0.4) is 0 Å². The quantitative estimate of drug-likeness (QED) is 0.116. The van der Waals surface area contributed by atoms with E-state index in [1.54, 1.807) is 0 Å². The third-order valence-corrected chi connectivity index (χ3v) is 9.48. The number of carbonyl (C=O) groups excluding carboxylic acids is 5. The number of ether oxygens (including phenoxy) is 9. The van der Waals surface area contributed by atoms with Crippen LogP contribution in [0.1, 0.15) is 51.3 Å². The molecule has 1 aliphatic heterocycles. The molecule has 0 radical (unpaired) electrons. The lowest BCUT2D eigenvalue weighted by molar-refractivity contribution is -0.331. The Morgan fingerprint density at radius 3 is 1.49 bits per heavy atom. The Kier molecular flexibility index (Phi) is 16.3. The molecule has 1 saturated heterocycles. The van der Waals surface area contributed by atoms with E-state index in [4.69, 9.17) is 42.6 Å². The number of carbonyl (C=O) groups is 5. The average Bonchev–Trinajstić information content (AvgIpc) is 3.19. The number of amides is 1. The van der Waals surface area contributed by atoms with E-state index in [0.29, 0.717) is 5.57 Å². The minimum Gasteiger partial charge on any atom is -0.463 e. The Labute approximate surface area is 343 Å². The van der Waals surface area contributed by atoms with E-state index in [9.17, 15) is 24.0 Å². The molecule has 15 nitrogen and oxygen atoms in total. The van der Waals surface area contributed by atoms with E-state index in [1.165, 1.54) is 13.8 Å². The highest BCUT2D eigenvalue weighted by molar-refractivity contribution is 5.74. The number of esters is 4. The van der Waals surface area contributed by atoms with Gasteiger partial charge in [0.05, 0.1) is 25.9 Å². The van der Waals surface area contributed by atoms with Crippen LogP contribution in [0.15, 0.2) is 103 Å². The first-order chi connectivity index (χ1) is 28.3. The van der Waals surface area contributed by atoms with Crippen LogP contribution in [-0.4, -0.2) is 97.6 Å². The predicted octanol–water partition coefficient (Wildman–Crippen LogP) is 4.29. The van der Waals surface area contributed by atoms with E-state index in [0.717, 1.165) is 37.5 Å². The fourth-order valence-electron chi connectivity index (χ4n) is 7.02. The van der Waals surface area contributed by atoms with Crippen LogP contribution in [0.5, 0.6) is 0 Å². The van der Waals surface area contributed by atoms with Gasteiger partial charge in [-0.1, -0.05) is 97.6 Å². The Morgan fingerprint density at radius 2 is 1.02 bits per heavy atom. The van der Waals surface area contributed by atoms with Gasteiger partial charge >= 0.3 is 23.9 Å². The minimum atomic E-state index is -1.62. The molecule has 316 valence electrons. The Balaban J connectivity index is 1.63. The number of hydrogen-bond donors (Lipinski definition) is 1. The zero-order chi connectivity index (χ0) is 42.5. The number of benzene rings is 3. The van der Waals surface area contributed by atoms with Gasteiger partial charge in [0.25, 0.3) is 0 Å². The van der Waals surface area contributed by atoms with Gasteiger partial charge in [-0.15, -0.1) is 0 Å². The molecule has 0 unspecified atom stereocenters. The molecule has 0 bridgehead atoms. The molecule has 2 aliphatic rings. The molecule has 5 rings (SSSR count). The molecule has 1 heterocycles. The third-order valence-electron chi connectivity index (χ3n) is 9.48. The number of rotatable bonds is 17. The molecule has 1 N–H and O–H groups in total. The standard InChI is InChI=1S/C44H51NO14/c1-26-36(45-27(2)46)39(59-44-43(57-31(6)50)42(56-30(5)49)38(55-29(4)48)35(58-44)25-51-28(3)47)41(54-24-34-20-14-9-15-21-34)40(53-23-33-18-12-8-13-19-33)37(26)52-22-32-16-10-7-11-17-32/h7-21,35-44H,1,22-25H2,2-6H3,(H,45,46)/t35-,36+,37-,38-,39-,40+,41+,42+,43-,44+/m1/s1. The summed E-state index contributed by atoms with van der Waals surface area (Å²) in [6.45, 7) is 10.1. The van der Waals surface area contributed by atoms with Crippen molar-refractivity contribution in [2.24, 2.45) is 0 Å².